The number of fused-ring (bicyclic) bond motifs is 1. The largest absolute Gasteiger partial charge is 0.412 e. The fraction of sp³-hybridized carbons (Fsp3) is 0.649. The Labute approximate surface area is 481 Å². The molecule has 0 saturated heterocycles. The van der Waals surface area contributed by atoms with Crippen LogP contribution in [-0.2, 0) is 38.5 Å². The number of aliphatic hydroxyl groups excluding tert-OH is 1. The first-order valence-corrected chi connectivity index (χ1v) is 27.5. The van der Waals surface area contributed by atoms with E-state index >= 15 is 0 Å². The Balaban J connectivity index is -0.00000120. The molecule has 0 unspecified atom stereocenters. The average Bonchev–Trinajstić information content (AvgIpc) is 3.64. The normalized spacial score (nSPS) is 13.0. The van der Waals surface area contributed by atoms with Gasteiger partial charge >= 0.3 is 0 Å². The number of nitrogens with two attached hydrogens (primary N) is 3. The quantitative estimate of drug-likeness (QED) is 0.0305. The molecular weight excluding hydrogens is 1050 g/mol. The Morgan fingerprint density at radius 1 is 0.444 bits per heavy atom. The molecule has 8 amide bonds. The van der Waals surface area contributed by atoms with Crippen molar-refractivity contribution in [3.8, 4) is 0 Å². The first kappa shape index (κ1) is 79.3. The zero-order valence-corrected chi connectivity index (χ0v) is 51.2. The van der Waals surface area contributed by atoms with Gasteiger partial charge in [0.05, 0.1) is 11.1 Å². The van der Waals surface area contributed by atoms with E-state index in [2.05, 4.69) is 48.8 Å². The Bertz CT molecular complexity index is 2030. The number of carbonyl (C=O) groups is 8. The smallest absolute Gasteiger partial charge is 0.285 e. The molecule has 2 aromatic rings. The van der Waals surface area contributed by atoms with Gasteiger partial charge in [-0.15, -0.1) is 5.06 Å². The van der Waals surface area contributed by atoms with Crippen LogP contribution in [0.3, 0.4) is 0 Å². The van der Waals surface area contributed by atoms with E-state index in [1.54, 1.807) is 24.3 Å². The minimum atomic E-state index is -0.883. The van der Waals surface area contributed by atoms with Crippen molar-refractivity contribution in [2.24, 2.45) is 64.9 Å². The molecule has 0 aromatic heterocycles. The highest BCUT2D eigenvalue weighted by Crippen LogP contribution is 2.25. The van der Waals surface area contributed by atoms with Crippen molar-refractivity contribution in [3.63, 3.8) is 0 Å². The van der Waals surface area contributed by atoms with Crippen LogP contribution in [-0.4, -0.2) is 121 Å². The van der Waals surface area contributed by atoms with Gasteiger partial charge in [-0.3, -0.25) is 64.6 Å². The first-order valence-electron chi connectivity index (χ1n) is 27.5. The molecule has 1 aliphatic heterocycles. The summed E-state index contributed by atoms with van der Waals surface area (Å²) in [4.78, 5) is 120. The van der Waals surface area contributed by atoms with E-state index in [-0.39, 0.29) is 69.8 Å². The van der Waals surface area contributed by atoms with Crippen LogP contribution in [0.4, 0.5) is 0 Å². The molecule has 24 nitrogen and oxygen atoms in total. The predicted octanol–water partition coefficient (Wildman–Crippen LogP) is 4.45. The summed E-state index contributed by atoms with van der Waals surface area (Å²) in [6.07, 6.45) is -1.10. The average molecular weight is 1150 g/mol. The standard InChI is InChI=1S/C28H46N4O6.C18H24N2O4.C10H22N2O2.CH4O.H4N2.H2O/c1-17(2)13-23(27(35)29-15-19(5)6)37-31-25(33)21-9-11-22(12-10-21)26(34)32-38-24(14-18(3)4)28(36)30-16-20(7)8;1-11(2)9-15(16(21)19-10-12(3)4)24-20-17(22)13-7-5-6-8-14(13)18(20)23;1-7(2)5-9(14-11)10(13)12-6-8(3)4;2*1-2;/h9-12,17-20,23-24H,13-16H2,1-8H3,(H,29,35)(H,30,36)(H,31,33)(H,32,34);5-8,11-12,15H,9-10H2,1-4H3,(H,19,21);7-9H,5-6,11H2,1-4H3,(H,12,13);2H,1H3;1-2H2;1H2/t23-,24-;15-;9-;;;/m111.../s1. The molecule has 81 heavy (non-hydrogen) atoms. The fourth-order valence-electron chi connectivity index (χ4n) is 6.76. The number of carbonyl (C=O) groups excluding carboxylic acids is 8. The summed E-state index contributed by atoms with van der Waals surface area (Å²) in [7, 11) is 1.00. The molecule has 1 aliphatic rings. The van der Waals surface area contributed by atoms with Crippen LogP contribution < -0.4 is 49.8 Å². The van der Waals surface area contributed by atoms with E-state index in [1.807, 2.05) is 111 Å². The molecule has 0 saturated carbocycles. The number of amides is 8. The van der Waals surface area contributed by atoms with E-state index in [1.165, 1.54) is 24.3 Å². The monoisotopic (exact) mass is 1150 g/mol. The third-order valence-electron chi connectivity index (χ3n) is 10.8. The molecule has 0 bridgehead atoms. The lowest BCUT2D eigenvalue weighted by atomic mass is 10.1. The van der Waals surface area contributed by atoms with Crippen molar-refractivity contribution in [2.45, 2.75) is 161 Å². The number of rotatable bonds is 29. The summed E-state index contributed by atoms with van der Waals surface area (Å²) in [5.41, 5.74) is 5.78. The molecule has 2 aromatic carbocycles. The second-order valence-electron chi connectivity index (χ2n) is 22.4. The molecule has 1 heterocycles. The van der Waals surface area contributed by atoms with Crippen LogP contribution >= 0.6 is 0 Å². The van der Waals surface area contributed by atoms with Crippen LogP contribution in [0.1, 0.15) is 178 Å². The van der Waals surface area contributed by atoms with E-state index in [0.717, 1.165) is 7.11 Å². The zero-order chi connectivity index (χ0) is 61.8. The molecular formula is C57H102N10O14. The molecule has 15 N–H and O–H groups in total. The lowest BCUT2D eigenvalue weighted by Gasteiger charge is -2.23. The van der Waals surface area contributed by atoms with Crippen LogP contribution in [0.2, 0.25) is 0 Å². The van der Waals surface area contributed by atoms with Gasteiger partial charge in [-0.25, -0.2) is 21.7 Å². The summed E-state index contributed by atoms with van der Waals surface area (Å²) >= 11 is 0. The molecule has 3 rings (SSSR count). The number of aliphatic hydroxyl groups is 1. The van der Waals surface area contributed by atoms with Gasteiger partial charge < -0.3 is 31.8 Å². The van der Waals surface area contributed by atoms with Gasteiger partial charge in [0.1, 0.15) is 0 Å². The van der Waals surface area contributed by atoms with Crippen LogP contribution in [0.25, 0.3) is 0 Å². The lowest BCUT2D eigenvalue weighted by Crippen LogP contribution is -2.44. The van der Waals surface area contributed by atoms with Gasteiger partial charge in [0.25, 0.3) is 47.3 Å². The van der Waals surface area contributed by atoms with E-state index in [9.17, 15) is 38.4 Å². The number of hydrazine groups is 1. The molecule has 4 atom stereocenters. The van der Waals surface area contributed by atoms with E-state index in [4.69, 9.17) is 25.5 Å². The number of hydroxylamine groups is 4. The molecule has 0 spiro atoms. The van der Waals surface area contributed by atoms with Crippen molar-refractivity contribution in [3.05, 3.63) is 70.8 Å². The lowest BCUT2D eigenvalue weighted by molar-refractivity contribution is -0.162. The number of nitrogens with one attached hydrogen (secondary N) is 6. The highest BCUT2D eigenvalue weighted by atomic mass is 16.7. The second-order valence-corrected chi connectivity index (χ2v) is 22.4. The summed E-state index contributed by atoms with van der Waals surface area (Å²) < 4.78 is 0. The zero-order valence-electron chi connectivity index (χ0n) is 51.2. The second kappa shape index (κ2) is 43.7. The molecule has 0 fully saturated rings. The third kappa shape index (κ3) is 33.5. The fourth-order valence-corrected chi connectivity index (χ4v) is 6.76. The van der Waals surface area contributed by atoms with Crippen LogP contribution in [0, 0.1) is 47.3 Å². The van der Waals surface area contributed by atoms with Crippen molar-refractivity contribution in [2.75, 3.05) is 33.3 Å². The van der Waals surface area contributed by atoms with Crippen molar-refractivity contribution in [1.82, 2.24) is 37.3 Å². The summed E-state index contributed by atoms with van der Waals surface area (Å²) in [5.74, 6) is 12.2. The number of nitrogens with zero attached hydrogens (tertiary/aromatic N) is 1. The van der Waals surface area contributed by atoms with Crippen molar-refractivity contribution in [1.29, 1.82) is 0 Å². The number of hydrogen-bond donors (Lipinski definition) is 10. The predicted molar refractivity (Wildman–Crippen MR) is 311 cm³/mol. The Kier molecular flexibility index (Phi) is 42.8. The minimum absolute atomic E-state index is 0. The molecule has 0 aliphatic carbocycles. The highest BCUT2D eigenvalue weighted by Gasteiger charge is 2.39. The molecule has 24 heteroatoms. The van der Waals surface area contributed by atoms with E-state index < -0.39 is 48.0 Å². The SMILES string of the molecule is CC(C)CNC(=O)[C@@H](CC(C)C)ON.CC(C)CNC(=O)[C@@H](CC(C)C)ON1C(=O)c2ccccc2C1=O.CC(C)CNC(=O)[C@@H](CC(C)C)ONC(=O)c1ccc(C(=O)NO[C@H](CC(C)C)C(=O)NCC(C)C)cc1.CO.NN.O. The Hall–Kier alpha value is -5.96. The van der Waals surface area contributed by atoms with Gasteiger partial charge in [0.15, 0.2) is 24.4 Å². The first-order chi connectivity index (χ1) is 37.6. The van der Waals surface area contributed by atoms with E-state index in [0.29, 0.717) is 85.8 Å². The summed E-state index contributed by atoms with van der Waals surface area (Å²) in [5, 5.41) is 19.0. The molecule has 464 valence electrons. The topological polar surface area (TPSA) is 379 Å². The maximum atomic E-state index is 12.6. The number of hydrogen-bond acceptors (Lipinski definition) is 16. The summed E-state index contributed by atoms with van der Waals surface area (Å²) in [6, 6.07) is 12.4. The molecule has 0 radical (unpaired) electrons. The van der Waals surface area contributed by atoms with Gasteiger partial charge in [-0.1, -0.05) is 123 Å². The Morgan fingerprint density at radius 2 is 0.704 bits per heavy atom. The maximum Gasteiger partial charge on any atom is 0.285 e. The summed E-state index contributed by atoms with van der Waals surface area (Å²) in [6.45, 7) is 34.0. The number of benzene rings is 2. The van der Waals surface area contributed by atoms with Crippen LogP contribution in [0.15, 0.2) is 48.5 Å². The van der Waals surface area contributed by atoms with Gasteiger partial charge in [-0.2, -0.15) is 0 Å². The van der Waals surface area contributed by atoms with Crippen molar-refractivity contribution >= 4 is 47.3 Å². The highest BCUT2D eigenvalue weighted by molar-refractivity contribution is 6.20. The Morgan fingerprint density at radius 3 is 0.975 bits per heavy atom. The van der Waals surface area contributed by atoms with Gasteiger partial charge in [0, 0.05) is 44.4 Å². The van der Waals surface area contributed by atoms with Gasteiger partial charge in [-0.05, 0) is 109 Å². The van der Waals surface area contributed by atoms with Gasteiger partial charge in [0.2, 0.25) is 0 Å². The van der Waals surface area contributed by atoms with Crippen molar-refractivity contribution < 1.29 is 68.3 Å². The third-order valence-corrected chi connectivity index (χ3v) is 10.8. The maximum absolute atomic E-state index is 12.6. The van der Waals surface area contributed by atoms with Crippen LogP contribution in [0.5, 0.6) is 0 Å². The minimum Gasteiger partial charge on any atom is -0.412 e. The number of imide groups is 1.